The minimum absolute atomic E-state index is 0.988. The quantitative estimate of drug-likeness (QED) is 0.523. The van der Waals surface area contributed by atoms with Crippen LogP contribution in [0.1, 0.15) is 0 Å². The molecule has 1 fully saturated rings. The average molecular weight is 394 g/mol. The van der Waals surface area contributed by atoms with Crippen LogP contribution in [0.15, 0.2) is 121 Å². The first-order chi connectivity index (χ1) is 14.9. The molecule has 4 aromatic carbocycles. The van der Waals surface area contributed by atoms with Crippen molar-refractivity contribution >= 4 is 22.7 Å². The molecule has 1 saturated heterocycles. The van der Waals surface area contributed by atoms with Crippen LogP contribution >= 0.6 is 0 Å². The second-order valence-electron chi connectivity index (χ2n) is 6.77. The van der Waals surface area contributed by atoms with Crippen molar-refractivity contribution in [2.45, 2.75) is 0 Å². The summed E-state index contributed by atoms with van der Waals surface area (Å²) in [5.41, 5.74) is 10.6. The summed E-state index contributed by atoms with van der Waals surface area (Å²) in [6.45, 7) is 0. The van der Waals surface area contributed by atoms with Crippen molar-refractivity contribution in [2.75, 3.05) is 20.5 Å². The van der Waals surface area contributed by atoms with E-state index in [2.05, 4.69) is 69.8 Å². The predicted molar refractivity (Wildman–Crippen MR) is 122 cm³/mol. The van der Waals surface area contributed by atoms with Gasteiger partial charge in [-0.05, 0) is 48.5 Å². The first-order valence-corrected chi connectivity index (χ1v) is 9.83. The fourth-order valence-electron chi connectivity index (χ4n) is 3.42. The summed E-state index contributed by atoms with van der Waals surface area (Å²) in [4.78, 5) is 0. The average Bonchev–Trinajstić information content (AvgIpc) is 2.85. The third-order valence-electron chi connectivity index (χ3n) is 4.80. The maximum atomic E-state index is 3.33. The number of para-hydroxylation sites is 4. The second-order valence-corrected chi connectivity index (χ2v) is 6.77. The topological polar surface area (TPSA) is 37.0 Å². The highest BCUT2D eigenvalue weighted by Crippen LogP contribution is 2.31. The molecule has 5 rings (SSSR count). The minimum Gasteiger partial charge on any atom is -0.181 e. The molecule has 0 saturated carbocycles. The van der Waals surface area contributed by atoms with Crippen LogP contribution in [0.4, 0.5) is 22.7 Å². The number of nitrogens with one attached hydrogen (secondary N) is 2. The lowest BCUT2D eigenvalue weighted by Gasteiger charge is -2.53. The molecular formula is C24H22N6. The summed E-state index contributed by atoms with van der Waals surface area (Å²) in [5, 5.41) is 8.13. The van der Waals surface area contributed by atoms with Gasteiger partial charge >= 0.3 is 0 Å². The van der Waals surface area contributed by atoms with E-state index in [1.807, 2.05) is 83.0 Å². The second kappa shape index (κ2) is 8.16. The zero-order chi connectivity index (χ0) is 20.2. The van der Waals surface area contributed by atoms with E-state index >= 15 is 0 Å². The van der Waals surface area contributed by atoms with Crippen LogP contribution in [0.25, 0.3) is 0 Å². The summed E-state index contributed by atoms with van der Waals surface area (Å²) < 4.78 is 0. The number of hydrogen-bond donors (Lipinski definition) is 2. The maximum absolute atomic E-state index is 3.33. The summed E-state index contributed by atoms with van der Waals surface area (Å²) in [6.07, 6.45) is 0. The monoisotopic (exact) mass is 394 g/mol. The fourth-order valence-corrected chi connectivity index (χ4v) is 3.42. The van der Waals surface area contributed by atoms with Gasteiger partial charge in [0.2, 0.25) is 0 Å². The molecule has 0 unspecified atom stereocenters. The van der Waals surface area contributed by atoms with Gasteiger partial charge in [0.1, 0.15) is 0 Å². The van der Waals surface area contributed by atoms with Gasteiger partial charge in [-0.15, -0.1) is 11.1 Å². The lowest BCUT2D eigenvalue weighted by Crippen LogP contribution is -2.78. The van der Waals surface area contributed by atoms with E-state index in [1.165, 1.54) is 0 Å². The van der Waals surface area contributed by atoms with Crippen molar-refractivity contribution in [2.24, 2.45) is 0 Å². The smallest absolute Gasteiger partial charge is 0.0852 e. The third kappa shape index (κ3) is 3.41. The molecule has 6 heteroatoms. The first-order valence-electron chi connectivity index (χ1n) is 9.83. The molecule has 0 aromatic heterocycles. The van der Waals surface area contributed by atoms with Crippen LogP contribution in [-0.4, -0.2) is 0 Å². The predicted octanol–water partition coefficient (Wildman–Crippen LogP) is 4.70. The molecule has 1 heterocycles. The van der Waals surface area contributed by atoms with Gasteiger partial charge in [0, 0.05) is 0 Å². The standard InChI is InChI=1S/C24H22N6/c1-5-13-21(14-6-1)27-25-26-28(22-15-7-2-8-16-22)30(24-19-11-4-12-20-24)29(27)23-17-9-3-10-18-23/h1-20,25-26H. The number of anilines is 4. The molecule has 0 radical (unpaired) electrons. The summed E-state index contributed by atoms with van der Waals surface area (Å²) in [5.74, 6) is 0. The van der Waals surface area contributed by atoms with Crippen LogP contribution < -0.4 is 31.5 Å². The van der Waals surface area contributed by atoms with Gasteiger partial charge in [-0.2, -0.15) is 20.5 Å². The van der Waals surface area contributed by atoms with Crippen LogP contribution in [-0.2, 0) is 0 Å². The number of nitrogens with zero attached hydrogens (tertiary/aromatic N) is 4. The highest BCUT2D eigenvalue weighted by Gasteiger charge is 2.34. The van der Waals surface area contributed by atoms with E-state index in [9.17, 15) is 0 Å². The van der Waals surface area contributed by atoms with E-state index in [0.29, 0.717) is 0 Å². The molecule has 2 N–H and O–H groups in total. The molecule has 0 amide bonds. The molecule has 0 spiro atoms. The Morgan fingerprint density at radius 2 is 0.600 bits per heavy atom. The van der Waals surface area contributed by atoms with E-state index < -0.39 is 0 Å². The van der Waals surface area contributed by atoms with Crippen molar-refractivity contribution in [1.29, 1.82) is 0 Å². The molecule has 1 aliphatic rings. The molecular weight excluding hydrogens is 372 g/mol. The lowest BCUT2D eigenvalue weighted by atomic mass is 10.3. The van der Waals surface area contributed by atoms with Crippen molar-refractivity contribution < 1.29 is 0 Å². The highest BCUT2D eigenvalue weighted by molar-refractivity contribution is 5.68. The van der Waals surface area contributed by atoms with Crippen LogP contribution in [0.2, 0.25) is 0 Å². The molecule has 6 nitrogen and oxygen atoms in total. The van der Waals surface area contributed by atoms with Crippen molar-refractivity contribution in [3.8, 4) is 0 Å². The Labute approximate surface area is 176 Å². The maximum Gasteiger partial charge on any atom is 0.0852 e. The highest BCUT2D eigenvalue weighted by atomic mass is 16.2. The van der Waals surface area contributed by atoms with Crippen molar-refractivity contribution in [1.82, 2.24) is 11.1 Å². The third-order valence-corrected chi connectivity index (χ3v) is 4.80. The van der Waals surface area contributed by atoms with E-state index in [4.69, 9.17) is 0 Å². The van der Waals surface area contributed by atoms with Gasteiger partial charge in [0.05, 0.1) is 22.7 Å². The Morgan fingerprint density at radius 3 is 0.900 bits per heavy atom. The molecule has 0 atom stereocenters. The number of rotatable bonds is 4. The fraction of sp³-hybridized carbons (Fsp3) is 0. The zero-order valence-corrected chi connectivity index (χ0v) is 16.3. The normalized spacial score (nSPS) is 14.1. The van der Waals surface area contributed by atoms with Crippen LogP contribution in [0.5, 0.6) is 0 Å². The molecule has 1 aliphatic heterocycles. The van der Waals surface area contributed by atoms with Crippen molar-refractivity contribution in [3.63, 3.8) is 0 Å². The molecule has 4 aromatic rings. The minimum atomic E-state index is 0.988. The Morgan fingerprint density at radius 1 is 0.333 bits per heavy atom. The Bertz CT molecular complexity index is 971. The first kappa shape index (κ1) is 18.1. The summed E-state index contributed by atoms with van der Waals surface area (Å²) in [7, 11) is 0. The van der Waals surface area contributed by atoms with E-state index in [0.717, 1.165) is 22.7 Å². The van der Waals surface area contributed by atoms with E-state index in [-0.39, 0.29) is 0 Å². The van der Waals surface area contributed by atoms with Gasteiger partial charge in [-0.3, -0.25) is 0 Å². The van der Waals surface area contributed by atoms with Gasteiger partial charge in [0.25, 0.3) is 0 Å². The van der Waals surface area contributed by atoms with Crippen LogP contribution in [0.3, 0.4) is 0 Å². The lowest BCUT2D eigenvalue weighted by molar-refractivity contribution is 0.375. The van der Waals surface area contributed by atoms with Gasteiger partial charge in [-0.25, -0.2) is 0 Å². The Hall–Kier alpha value is -4.00. The number of benzene rings is 4. The largest absolute Gasteiger partial charge is 0.181 e. The Balaban J connectivity index is 1.68. The number of hydrazine groups is 6. The Kier molecular flexibility index (Phi) is 4.91. The van der Waals surface area contributed by atoms with Gasteiger partial charge in [-0.1, -0.05) is 72.8 Å². The molecule has 0 aliphatic carbocycles. The van der Waals surface area contributed by atoms with Crippen LogP contribution in [0, 0.1) is 0 Å². The van der Waals surface area contributed by atoms with E-state index in [1.54, 1.807) is 0 Å². The number of hydrogen-bond acceptors (Lipinski definition) is 6. The zero-order valence-electron chi connectivity index (χ0n) is 16.3. The molecule has 30 heavy (non-hydrogen) atoms. The van der Waals surface area contributed by atoms with Gasteiger partial charge in [0.15, 0.2) is 0 Å². The van der Waals surface area contributed by atoms with Crippen molar-refractivity contribution in [3.05, 3.63) is 121 Å². The summed E-state index contributed by atoms with van der Waals surface area (Å²) in [6, 6.07) is 40.9. The molecule has 0 bridgehead atoms. The summed E-state index contributed by atoms with van der Waals surface area (Å²) >= 11 is 0. The SMILES string of the molecule is c1ccc(N2NNN(c3ccccc3)N(c3ccccc3)N2c2ccccc2)cc1. The molecule has 148 valence electrons. The van der Waals surface area contributed by atoms with Gasteiger partial charge < -0.3 is 0 Å².